The van der Waals surface area contributed by atoms with Gasteiger partial charge in [-0.3, -0.25) is 36.4 Å². The fraction of sp³-hybridized carbons (Fsp3) is 0.455. The minimum absolute atomic E-state index is 0.151. The first-order valence-corrected chi connectivity index (χ1v) is 19.4. The number of nitrogens with two attached hydrogens (primary N) is 1. The van der Waals surface area contributed by atoms with Gasteiger partial charge >= 0.3 is 13.6 Å². The molecule has 0 saturated carbocycles. The minimum Gasteiger partial charge on any atom is -0.397 e. The second kappa shape index (κ2) is 11.4. The highest BCUT2D eigenvalue weighted by molar-refractivity contribution is 8.44. The van der Waals surface area contributed by atoms with Crippen molar-refractivity contribution in [3.05, 3.63) is 53.6 Å². The normalized spacial score (nSPS) is 38.3. The van der Waals surface area contributed by atoms with Crippen LogP contribution in [0, 0.1) is 0 Å². The molecular formula is C22H25N7O10P2S3. The molecule has 44 heavy (non-hydrogen) atoms. The summed E-state index contributed by atoms with van der Waals surface area (Å²) in [5, 5.41) is 21.0. The molecule has 17 nitrogen and oxygen atoms in total. The van der Waals surface area contributed by atoms with Crippen LogP contribution in [0.15, 0.2) is 48.0 Å². The Morgan fingerprint density at radius 3 is 2.50 bits per heavy atom. The number of nitrogens with zero attached hydrogens (tertiary/aromatic N) is 6. The number of rotatable bonds is 2. The number of anilines is 1. The summed E-state index contributed by atoms with van der Waals surface area (Å²) in [4.78, 5) is 25.1. The first-order chi connectivity index (χ1) is 20.9. The fourth-order valence-electron chi connectivity index (χ4n) is 5.40. The first kappa shape index (κ1) is 30.7. The van der Waals surface area contributed by atoms with Crippen LogP contribution in [-0.4, -0.2) is 87.7 Å². The lowest BCUT2D eigenvalue weighted by Crippen LogP contribution is -2.35. The highest BCUT2D eigenvalue weighted by Gasteiger charge is 2.53. The molecule has 7 rings (SSSR count). The highest BCUT2D eigenvalue weighted by Crippen LogP contribution is 2.61. The van der Waals surface area contributed by atoms with E-state index in [4.69, 9.17) is 28.6 Å². The van der Waals surface area contributed by atoms with Gasteiger partial charge in [-0.15, -0.1) is 11.8 Å². The molecule has 10 atom stereocenters. The first-order valence-electron chi connectivity index (χ1n) is 13.0. The second-order valence-electron chi connectivity index (χ2n) is 10.2. The molecule has 4 aromatic heterocycles. The zero-order chi connectivity index (χ0) is 31.0. The van der Waals surface area contributed by atoms with Gasteiger partial charge in [0.25, 0.3) is 5.56 Å². The van der Waals surface area contributed by atoms with Gasteiger partial charge in [-0.05, 0) is 6.07 Å². The molecule has 22 heteroatoms. The number of fused-ring (bicyclic) bond motifs is 5. The van der Waals surface area contributed by atoms with Gasteiger partial charge < -0.3 is 20.7 Å². The average Bonchev–Trinajstić information content (AvgIpc) is 3.75. The van der Waals surface area contributed by atoms with Gasteiger partial charge in [-0.25, -0.2) is 24.1 Å². The van der Waals surface area contributed by atoms with Crippen molar-refractivity contribution in [1.29, 1.82) is 0 Å². The van der Waals surface area contributed by atoms with Crippen LogP contribution >= 0.6 is 49.9 Å². The zero-order valence-electron chi connectivity index (χ0n) is 22.2. The Morgan fingerprint density at radius 2 is 1.70 bits per heavy atom. The number of hydrogen-bond acceptors (Lipinski definition) is 15. The molecule has 3 aliphatic heterocycles. The molecule has 0 amide bonds. The van der Waals surface area contributed by atoms with Gasteiger partial charge in [0.2, 0.25) is 5.78 Å². The van der Waals surface area contributed by atoms with Gasteiger partial charge in [0.1, 0.15) is 41.4 Å². The molecule has 4 N–H and O–H groups in total. The molecule has 3 saturated heterocycles. The van der Waals surface area contributed by atoms with Crippen LogP contribution in [0.2, 0.25) is 0 Å². The number of nitrogen functional groups attached to an aromatic ring is 1. The van der Waals surface area contributed by atoms with Crippen LogP contribution in [0.4, 0.5) is 5.69 Å². The van der Waals surface area contributed by atoms with Crippen LogP contribution in [0.5, 0.6) is 0 Å². The van der Waals surface area contributed by atoms with E-state index in [0.717, 1.165) is 11.8 Å². The predicted molar refractivity (Wildman–Crippen MR) is 163 cm³/mol. The van der Waals surface area contributed by atoms with E-state index >= 15 is 0 Å². The number of hydrogen-bond donors (Lipinski definition) is 5. The Labute approximate surface area is 262 Å². The Balaban J connectivity index is 1.21. The summed E-state index contributed by atoms with van der Waals surface area (Å²) < 4.78 is 60.0. The van der Waals surface area contributed by atoms with Crippen LogP contribution in [-0.2, 0) is 32.0 Å². The molecular weight excluding hydrogens is 680 g/mol. The van der Waals surface area contributed by atoms with Crippen molar-refractivity contribution in [1.82, 2.24) is 28.5 Å². The number of imidazole rings is 2. The lowest BCUT2D eigenvalue weighted by atomic mass is 10.1. The van der Waals surface area contributed by atoms with Crippen molar-refractivity contribution in [3.63, 3.8) is 0 Å². The summed E-state index contributed by atoms with van der Waals surface area (Å²) in [5.41, 5.74) is 6.87. The average molecular weight is 706 g/mol. The third-order valence-electron chi connectivity index (χ3n) is 7.44. The van der Waals surface area contributed by atoms with E-state index in [2.05, 4.69) is 39.4 Å². The number of ether oxygens (including phenoxy) is 1. The van der Waals surface area contributed by atoms with E-state index < -0.39 is 67.6 Å². The standard InChI is InChI=1S/C22H25N7O10P2S3/c23-10-1-3-24-19-14(10)26-9-29(19)21-16(32)17-12(44-21)8-36-41(34,43)39-18-15(31)11(7-35-40(33,42)38-17)37-20(18)28-5-2-13(30)27-6-4-25-22(27)28/h1-6,9,11-12,15-18,20-21,31-32H,7-8H2,(H2,23,24)(H,33,42)(H,34,43)/t11-,12-,15-,16-,17-,18-,20-,21-,40+,41-/m1/s1. The maximum atomic E-state index is 13.6. The van der Waals surface area contributed by atoms with E-state index in [1.54, 1.807) is 10.6 Å². The number of aliphatic hydroxyl groups excluding tert-OH is 2. The minimum atomic E-state index is -4.25. The molecule has 2 bridgehead atoms. The third-order valence-corrected chi connectivity index (χ3v) is 12.2. The van der Waals surface area contributed by atoms with Gasteiger partial charge in [-0.1, -0.05) is 24.5 Å². The highest BCUT2D eigenvalue weighted by atomic mass is 32.7. The fourth-order valence-corrected chi connectivity index (χ4v) is 10.0. The number of aromatic nitrogens is 6. The van der Waals surface area contributed by atoms with Gasteiger partial charge in [0.15, 0.2) is 11.9 Å². The van der Waals surface area contributed by atoms with E-state index in [-0.39, 0.29) is 17.9 Å². The molecule has 4 aromatic rings. The molecule has 3 fully saturated rings. The Bertz CT molecular complexity index is 1890. The maximum Gasteiger partial charge on any atom is 0.386 e. The van der Waals surface area contributed by atoms with Crippen molar-refractivity contribution in [2.75, 3.05) is 18.9 Å². The van der Waals surface area contributed by atoms with Crippen molar-refractivity contribution >= 4 is 72.5 Å². The number of pyridine rings is 1. The maximum absolute atomic E-state index is 13.6. The Morgan fingerprint density at radius 1 is 0.955 bits per heavy atom. The molecule has 7 heterocycles. The number of thiol groups is 2. The van der Waals surface area contributed by atoms with Crippen LogP contribution in [0.3, 0.4) is 0 Å². The smallest absolute Gasteiger partial charge is 0.386 e. The molecule has 3 aliphatic rings. The Hall–Kier alpha value is -1.93. The van der Waals surface area contributed by atoms with Gasteiger partial charge in [0.05, 0.1) is 30.5 Å². The van der Waals surface area contributed by atoms with Gasteiger partial charge in [0, 0.05) is 30.9 Å². The number of aliphatic hydroxyl groups is 2. The van der Waals surface area contributed by atoms with Crippen LogP contribution < -0.4 is 11.3 Å². The molecule has 0 radical (unpaired) electrons. The molecule has 0 aromatic carbocycles. The van der Waals surface area contributed by atoms with Crippen molar-refractivity contribution in [2.45, 2.75) is 47.4 Å². The molecule has 0 unspecified atom stereocenters. The summed E-state index contributed by atoms with van der Waals surface area (Å²) in [6.45, 7) is -9.33. The summed E-state index contributed by atoms with van der Waals surface area (Å²) in [7, 11) is 0. The van der Waals surface area contributed by atoms with E-state index in [1.807, 2.05) is 0 Å². The monoisotopic (exact) mass is 705 g/mol. The summed E-state index contributed by atoms with van der Waals surface area (Å²) in [6, 6.07) is 2.85. The summed E-state index contributed by atoms with van der Waals surface area (Å²) in [6.07, 6.45) is -0.580. The lowest BCUT2D eigenvalue weighted by molar-refractivity contribution is -0.0506. The lowest BCUT2D eigenvalue weighted by Gasteiger charge is -2.27. The van der Waals surface area contributed by atoms with E-state index in [1.165, 1.54) is 46.1 Å². The Kier molecular flexibility index (Phi) is 7.95. The van der Waals surface area contributed by atoms with Crippen LogP contribution in [0.1, 0.15) is 11.6 Å². The van der Waals surface area contributed by atoms with E-state index in [9.17, 15) is 24.1 Å². The molecule has 0 spiro atoms. The SMILES string of the molecule is Nc1ccnc2c1ncn2[C@@H]1S[C@@H]2CO[P@@](=O)(S)O[C@@H]3[C@H](O)[C@@H](CO[P@](=O)(S)O[C@H]2[C@H]1O)O[C@H]3n1ccc(=O)n2ccnc12. The third kappa shape index (κ3) is 5.44. The zero-order valence-corrected chi connectivity index (χ0v) is 26.6. The molecule has 0 aliphatic carbocycles. The largest absolute Gasteiger partial charge is 0.397 e. The summed E-state index contributed by atoms with van der Waals surface area (Å²) >= 11 is 9.42. The topological polar surface area (TPSA) is 217 Å². The van der Waals surface area contributed by atoms with Gasteiger partial charge in [-0.2, -0.15) is 0 Å². The quantitative estimate of drug-likeness (QED) is 0.148. The van der Waals surface area contributed by atoms with Crippen molar-refractivity contribution in [2.24, 2.45) is 0 Å². The van der Waals surface area contributed by atoms with E-state index in [0.29, 0.717) is 16.9 Å². The second-order valence-corrected chi connectivity index (χ2v) is 17.3. The predicted octanol–water partition coefficient (Wildman–Crippen LogP) is 1.65. The van der Waals surface area contributed by atoms with Crippen molar-refractivity contribution in [3.8, 4) is 0 Å². The van der Waals surface area contributed by atoms with Crippen LogP contribution in [0.25, 0.3) is 16.9 Å². The van der Waals surface area contributed by atoms with Crippen molar-refractivity contribution < 1.29 is 42.2 Å². The summed E-state index contributed by atoms with van der Waals surface area (Å²) in [5.74, 6) is 0.151. The molecule has 236 valence electrons. The number of thioether (sulfide) groups is 1.